The van der Waals surface area contributed by atoms with Crippen LogP contribution in [-0.4, -0.2) is 57.8 Å². The quantitative estimate of drug-likeness (QED) is 0.556. The fraction of sp³-hybridized carbons (Fsp3) is 0.385. The third-order valence-electron chi connectivity index (χ3n) is 7.27. The maximum atomic E-state index is 15.8. The van der Waals surface area contributed by atoms with Gasteiger partial charge in [0.05, 0.1) is 17.4 Å². The Labute approximate surface area is 202 Å². The van der Waals surface area contributed by atoms with Crippen molar-refractivity contribution in [2.24, 2.45) is 5.73 Å². The predicted octanol–water partition coefficient (Wildman–Crippen LogP) is 3.79. The van der Waals surface area contributed by atoms with E-state index in [9.17, 15) is 4.39 Å². The van der Waals surface area contributed by atoms with E-state index >= 15 is 4.39 Å². The molecule has 3 aromatic rings. The largest absolute Gasteiger partial charge is 0.396 e. The van der Waals surface area contributed by atoms with Crippen LogP contribution < -0.4 is 16.4 Å². The zero-order valence-electron chi connectivity index (χ0n) is 19.4. The molecule has 0 bridgehead atoms. The number of rotatable bonds is 4. The van der Waals surface area contributed by atoms with Crippen LogP contribution in [0, 0.1) is 5.82 Å². The summed E-state index contributed by atoms with van der Waals surface area (Å²) in [6.45, 7) is 3.42. The molecule has 1 aromatic carbocycles. The number of benzene rings is 1. The Morgan fingerprint density at radius 2 is 1.89 bits per heavy atom. The second kappa shape index (κ2) is 8.64. The fourth-order valence-electron chi connectivity index (χ4n) is 5.43. The monoisotopic (exact) mass is 477 g/mol. The first-order valence-electron chi connectivity index (χ1n) is 12.2. The molecule has 3 aliphatic rings. The van der Waals surface area contributed by atoms with Crippen LogP contribution >= 0.6 is 0 Å². The van der Waals surface area contributed by atoms with Gasteiger partial charge in [0.25, 0.3) is 0 Å². The van der Waals surface area contributed by atoms with Gasteiger partial charge in [0, 0.05) is 49.7 Å². The van der Waals surface area contributed by atoms with Crippen LogP contribution in [0.4, 0.5) is 20.2 Å². The number of likely N-dealkylation sites (tertiary alicyclic amines) is 1. The lowest BCUT2D eigenvalue weighted by atomic mass is 10.0. The highest BCUT2D eigenvalue weighted by molar-refractivity contribution is 5.89. The normalized spacial score (nSPS) is 24.5. The minimum absolute atomic E-state index is 0.0559. The van der Waals surface area contributed by atoms with Gasteiger partial charge in [-0.25, -0.2) is 18.7 Å². The number of alkyl halides is 1. The molecule has 35 heavy (non-hydrogen) atoms. The van der Waals surface area contributed by atoms with Crippen LogP contribution in [0.2, 0.25) is 0 Å². The predicted molar refractivity (Wildman–Crippen MR) is 134 cm³/mol. The maximum absolute atomic E-state index is 15.8. The van der Waals surface area contributed by atoms with Crippen molar-refractivity contribution in [1.82, 2.24) is 19.4 Å². The lowest BCUT2D eigenvalue weighted by molar-refractivity contribution is 0.309. The minimum atomic E-state index is -1.28. The number of allylic oxidation sites excluding steroid dienone is 3. The Morgan fingerprint density at radius 3 is 2.60 bits per heavy atom. The molecule has 4 heterocycles. The van der Waals surface area contributed by atoms with Gasteiger partial charge in [0.15, 0.2) is 5.65 Å². The fourth-order valence-corrected chi connectivity index (χ4v) is 5.43. The van der Waals surface area contributed by atoms with Gasteiger partial charge >= 0.3 is 0 Å². The molecular formula is C26H29F2N7. The summed E-state index contributed by atoms with van der Waals surface area (Å²) in [5.41, 5.74) is 15.5. The smallest absolute Gasteiger partial charge is 0.163 e. The number of hydrogen-bond acceptors (Lipinski definition) is 6. The second-order valence-electron chi connectivity index (χ2n) is 9.62. The van der Waals surface area contributed by atoms with E-state index in [-0.39, 0.29) is 11.7 Å². The summed E-state index contributed by atoms with van der Waals surface area (Å²) in [6, 6.07) is 5.93. The zero-order chi connectivity index (χ0) is 24.1. The van der Waals surface area contributed by atoms with E-state index in [0.29, 0.717) is 22.6 Å². The molecule has 3 unspecified atom stereocenters. The molecule has 0 spiro atoms. The topological polar surface area (TPSA) is 89.2 Å². The Hall–Kier alpha value is -3.46. The minimum Gasteiger partial charge on any atom is -0.396 e. The molecule has 182 valence electrons. The standard InChI is InChI=1S/C26H29F2N7/c27-19-13-16(3-5-21(19)30)25-32-24-23(34-12-8-17(29)15-34)7-9-31-26(24)35(25)22-6-4-18(14-20(22)28)33-10-1-2-11-33/h3-7,9,13-14,17,20,22H,1-2,8,10-12,15,29-30H2. The average Bonchev–Trinajstić information content (AvgIpc) is 3.60. The van der Waals surface area contributed by atoms with Crippen molar-refractivity contribution in [2.45, 2.75) is 37.5 Å². The molecule has 0 radical (unpaired) electrons. The molecule has 9 heteroatoms. The summed E-state index contributed by atoms with van der Waals surface area (Å²) in [7, 11) is 0. The molecule has 6 rings (SSSR count). The summed E-state index contributed by atoms with van der Waals surface area (Å²) in [6.07, 6.45) is 9.11. The van der Waals surface area contributed by atoms with Crippen LogP contribution in [0.1, 0.15) is 25.3 Å². The lowest BCUT2D eigenvalue weighted by Gasteiger charge is -2.28. The Kier molecular flexibility index (Phi) is 5.44. The Morgan fingerprint density at radius 1 is 1.06 bits per heavy atom. The average molecular weight is 478 g/mol. The number of nitrogens with zero attached hydrogens (tertiary/aromatic N) is 5. The summed E-state index contributed by atoms with van der Waals surface area (Å²) in [4.78, 5) is 13.9. The van der Waals surface area contributed by atoms with Gasteiger partial charge in [-0.15, -0.1) is 0 Å². The van der Waals surface area contributed by atoms with Crippen molar-refractivity contribution in [3.8, 4) is 11.4 Å². The number of imidazole rings is 1. The summed E-state index contributed by atoms with van der Waals surface area (Å²) < 4.78 is 32.0. The molecule has 2 aliphatic heterocycles. The lowest BCUT2D eigenvalue weighted by Crippen LogP contribution is -2.27. The number of halogens is 2. The van der Waals surface area contributed by atoms with Crippen LogP contribution in [-0.2, 0) is 0 Å². The van der Waals surface area contributed by atoms with Gasteiger partial charge in [0.2, 0.25) is 0 Å². The van der Waals surface area contributed by atoms with Gasteiger partial charge < -0.3 is 21.3 Å². The molecule has 3 atom stereocenters. The zero-order valence-corrected chi connectivity index (χ0v) is 19.4. The summed E-state index contributed by atoms with van der Waals surface area (Å²) in [5.74, 6) is -0.0790. The molecule has 0 amide bonds. The third-order valence-corrected chi connectivity index (χ3v) is 7.27. The van der Waals surface area contributed by atoms with Gasteiger partial charge in [-0.1, -0.05) is 6.08 Å². The van der Waals surface area contributed by atoms with Crippen LogP contribution in [0.25, 0.3) is 22.6 Å². The van der Waals surface area contributed by atoms with Crippen molar-refractivity contribution >= 4 is 22.5 Å². The number of nitrogen functional groups attached to an aromatic ring is 1. The summed E-state index contributed by atoms with van der Waals surface area (Å²) >= 11 is 0. The molecule has 7 nitrogen and oxygen atoms in total. The van der Waals surface area contributed by atoms with E-state index in [1.807, 2.05) is 18.2 Å². The third kappa shape index (κ3) is 3.83. The molecule has 2 fully saturated rings. The van der Waals surface area contributed by atoms with Crippen molar-refractivity contribution in [2.75, 3.05) is 36.8 Å². The van der Waals surface area contributed by atoms with Gasteiger partial charge in [-0.05, 0) is 55.7 Å². The van der Waals surface area contributed by atoms with E-state index < -0.39 is 18.0 Å². The Bertz CT molecular complexity index is 1320. The number of pyridine rings is 1. The highest BCUT2D eigenvalue weighted by atomic mass is 19.1. The number of nitrogens with two attached hydrogens (primary N) is 2. The molecule has 2 saturated heterocycles. The summed E-state index contributed by atoms with van der Waals surface area (Å²) in [5, 5.41) is 0. The first-order chi connectivity index (χ1) is 17.0. The van der Waals surface area contributed by atoms with Crippen molar-refractivity contribution < 1.29 is 8.78 Å². The van der Waals surface area contributed by atoms with Crippen LogP contribution in [0.15, 0.2) is 54.4 Å². The maximum Gasteiger partial charge on any atom is 0.163 e. The molecule has 2 aromatic heterocycles. The molecule has 1 aliphatic carbocycles. The van der Waals surface area contributed by atoms with Crippen molar-refractivity contribution in [3.05, 3.63) is 60.2 Å². The van der Waals surface area contributed by atoms with E-state index in [2.05, 4.69) is 14.8 Å². The van der Waals surface area contributed by atoms with E-state index in [4.69, 9.17) is 16.5 Å². The molecule has 0 saturated carbocycles. The number of hydrogen-bond donors (Lipinski definition) is 2. The molecular weight excluding hydrogens is 448 g/mol. The Balaban J connectivity index is 1.49. The first kappa shape index (κ1) is 22.0. The number of anilines is 2. The highest BCUT2D eigenvalue weighted by Crippen LogP contribution is 2.38. The van der Waals surface area contributed by atoms with Crippen molar-refractivity contribution in [3.63, 3.8) is 0 Å². The highest BCUT2D eigenvalue weighted by Gasteiger charge is 2.31. The molecule has 4 N–H and O–H groups in total. The van der Waals surface area contributed by atoms with Gasteiger partial charge in [0.1, 0.15) is 23.3 Å². The SMILES string of the molecule is Nc1ccc(-c2nc3c(N4CCC(N)C4)ccnc3n2C2C=CC(N3CCCC3)=CC2F)cc1F. The first-order valence-corrected chi connectivity index (χ1v) is 12.2. The van der Waals surface area contributed by atoms with Gasteiger partial charge in [-0.2, -0.15) is 0 Å². The second-order valence-corrected chi connectivity index (χ2v) is 9.62. The van der Waals surface area contributed by atoms with E-state index in [0.717, 1.165) is 56.8 Å². The van der Waals surface area contributed by atoms with E-state index in [1.165, 1.54) is 12.1 Å². The van der Waals surface area contributed by atoms with Crippen LogP contribution in [0.3, 0.4) is 0 Å². The van der Waals surface area contributed by atoms with Crippen molar-refractivity contribution in [1.29, 1.82) is 0 Å². The number of aromatic nitrogens is 3. The van der Waals surface area contributed by atoms with E-state index in [1.54, 1.807) is 22.9 Å². The number of fused-ring (bicyclic) bond motifs is 1. The van der Waals surface area contributed by atoms with Crippen LogP contribution in [0.5, 0.6) is 0 Å². The van der Waals surface area contributed by atoms with Gasteiger partial charge in [-0.3, -0.25) is 4.57 Å².